The third-order valence-corrected chi connectivity index (χ3v) is 8.15. The highest BCUT2D eigenvalue weighted by atomic mass is 35.5. The summed E-state index contributed by atoms with van der Waals surface area (Å²) >= 11 is 11.7. The molecule has 0 saturated carbocycles. The Morgan fingerprint density at radius 1 is 0.581 bits per heavy atom. The highest BCUT2D eigenvalue weighted by Gasteiger charge is 2.04. The van der Waals surface area contributed by atoms with Crippen molar-refractivity contribution in [3.63, 3.8) is 0 Å². The van der Waals surface area contributed by atoms with Gasteiger partial charge in [0, 0.05) is 86.1 Å². The molecule has 0 atom stereocenters. The van der Waals surface area contributed by atoms with Gasteiger partial charge in [-0.2, -0.15) is 0 Å². The quantitative estimate of drug-likeness (QED) is 0.0999. The lowest BCUT2D eigenvalue weighted by molar-refractivity contribution is 0.202. The molecule has 16 heteroatoms. The topological polar surface area (TPSA) is 139 Å². The van der Waals surface area contributed by atoms with Crippen LogP contribution in [0.4, 0.5) is 32.3 Å². The lowest BCUT2D eigenvalue weighted by Crippen LogP contribution is -2.21. The molecule has 0 aliphatic rings. The standard InChI is InChI=1S/C13H19ClN2.C12H17N3O2.C11H15N3O2.C10H13ClN2/c1-4-5-8-16(3)10-15-13-7-6-12(14)9-11(13)2;1-9-7-10(17-12(16)13-2)5-6-11(9)14-8-15(3)4;1-12-11(15)16-10-6-4-5-9(7-10)13-8-14(2)3;1-8-6-9(11)4-5-10(8)12-7-13(2)3/h6-7,9-10H,4-5,8H2,1-3H3;5-8H,1-4H3,(H,13,16);4-8H,1-3H3,(H,12,15);4-7H,1-3H3/b15-10+;;13-8-;. The molecule has 0 aliphatic carbocycles. The molecule has 0 fully saturated rings. The minimum Gasteiger partial charge on any atom is -0.410 e. The smallest absolute Gasteiger partial charge is 0.410 e. The van der Waals surface area contributed by atoms with Crippen LogP contribution in [0.25, 0.3) is 0 Å². The predicted octanol–water partition coefficient (Wildman–Crippen LogP) is 10.5. The largest absolute Gasteiger partial charge is 0.412 e. The van der Waals surface area contributed by atoms with E-state index in [1.165, 1.54) is 26.9 Å². The van der Waals surface area contributed by atoms with Gasteiger partial charge in [0.1, 0.15) is 11.5 Å². The zero-order valence-corrected chi connectivity index (χ0v) is 39.9. The number of benzene rings is 4. The Bertz CT molecular complexity index is 2090. The molecule has 0 heterocycles. The summed E-state index contributed by atoms with van der Waals surface area (Å²) in [5.74, 6) is 0.971. The van der Waals surface area contributed by atoms with Crippen LogP contribution in [0.1, 0.15) is 36.5 Å². The van der Waals surface area contributed by atoms with Gasteiger partial charge in [-0.05, 0) is 111 Å². The minimum atomic E-state index is -0.492. The summed E-state index contributed by atoms with van der Waals surface area (Å²) in [6, 6.07) is 23.7. The van der Waals surface area contributed by atoms with Crippen LogP contribution in [0.2, 0.25) is 10.0 Å². The van der Waals surface area contributed by atoms with Crippen LogP contribution in [0.15, 0.2) is 98.8 Å². The first kappa shape index (κ1) is 53.9. The average molecular weight is 892 g/mol. The van der Waals surface area contributed by atoms with Crippen molar-refractivity contribution in [2.75, 3.05) is 70.0 Å². The minimum absolute atomic E-state index is 0.466. The molecule has 0 aromatic heterocycles. The van der Waals surface area contributed by atoms with Crippen molar-refractivity contribution in [1.29, 1.82) is 0 Å². The number of ether oxygens (including phenoxy) is 2. The van der Waals surface area contributed by atoms with Crippen molar-refractivity contribution in [3.8, 4) is 11.5 Å². The SMILES string of the molecule is CCCCN(C)/C=N/c1ccc(Cl)cc1C.CNC(=O)Oc1ccc(N=CN(C)C)c(C)c1.CNC(=O)Oc1cccc(/N=C\N(C)C)c1.Cc1cc(Cl)ccc1N=CN(C)C. The summed E-state index contributed by atoms with van der Waals surface area (Å²) in [7, 11) is 16.5. The zero-order chi connectivity index (χ0) is 46.6. The molecule has 0 saturated heterocycles. The Hall–Kier alpha value is -6.12. The fourth-order valence-corrected chi connectivity index (χ4v) is 4.92. The van der Waals surface area contributed by atoms with E-state index in [1.807, 2.05) is 140 Å². The van der Waals surface area contributed by atoms with Gasteiger partial charge in [-0.3, -0.25) is 0 Å². The van der Waals surface area contributed by atoms with Gasteiger partial charge >= 0.3 is 12.2 Å². The van der Waals surface area contributed by atoms with Crippen molar-refractivity contribution >= 4 is 83.5 Å². The van der Waals surface area contributed by atoms with Crippen molar-refractivity contribution in [1.82, 2.24) is 30.2 Å². The van der Waals surface area contributed by atoms with Crippen LogP contribution in [-0.4, -0.2) is 127 Å². The first-order valence-corrected chi connectivity index (χ1v) is 20.5. The van der Waals surface area contributed by atoms with Gasteiger partial charge in [-0.25, -0.2) is 29.6 Å². The number of nitrogens with zero attached hydrogens (tertiary/aromatic N) is 8. The maximum Gasteiger partial charge on any atom is 0.412 e. The molecule has 2 N–H and O–H groups in total. The van der Waals surface area contributed by atoms with Crippen molar-refractivity contribution in [3.05, 3.63) is 106 Å². The van der Waals surface area contributed by atoms with E-state index in [2.05, 4.69) is 42.4 Å². The molecule has 0 bridgehead atoms. The molecular formula is C46H64Cl2N10O4. The van der Waals surface area contributed by atoms with Crippen molar-refractivity contribution in [2.45, 2.75) is 40.5 Å². The summed E-state index contributed by atoms with van der Waals surface area (Å²) in [6.07, 6.45) is 8.49. The fourth-order valence-electron chi connectivity index (χ4n) is 4.47. The monoisotopic (exact) mass is 890 g/mol. The Balaban J connectivity index is 0.000000415. The number of aryl methyl sites for hydroxylation is 3. The highest BCUT2D eigenvalue weighted by Crippen LogP contribution is 2.25. The van der Waals surface area contributed by atoms with E-state index < -0.39 is 12.2 Å². The normalized spacial score (nSPS) is 10.6. The van der Waals surface area contributed by atoms with Gasteiger partial charge in [-0.15, -0.1) is 0 Å². The summed E-state index contributed by atoms with van der Waals surface area (Å²) < 4.78 is 9.99. The van der Waals surface area contributed by atoms with E-state index in [4.69, 9.17) is 32.7 Å². The van der Waals surface area contributed by atoms with E-state index in [9.17, 15) is 9.59 Å². The first-order chi connectivity index (χ1) is 29.4. The first-order valence-electron chi connectivity index (χ1n) is 19.8. The number of carbonyl (C=O) groups excluding carboxylic acids is 2. The number of aliphatic imine (C=N–C) groups is 4. The number of nitrogens with one attached hydrogen (secondary N) is 2. The fraction of sp³-hybridized carbons (Fsp3) is 0.348. The Labute approximate surface area is 379 Å². The average Bonchev–Trinajstić information content (AvgIpc) is 3.22. The third kappa shape index (κ3) is 24.2. The van der Waals surface area contributed by atoms with Crippen molar-refractivity contribution < 1.29 is 19.1 Å². The number of halogens is 2. The van der Waals surface area contributed by atoms with Crippen molar-refractivity contribution in [2.24, 2.45) is 20.0 Å². The van der Waals surface area contributed by atoms with Crippen LogP contribution in [0.3, 0.4) is 0 Å². The molecule has 4 aromatic rings. The maximum atomic E-state index is 11.0. The molecule has 4 rings (SSSR count). The van der Waals surface area contributed by atoms with Crippen LogP contribution in [-0.2, 0) is 0 Å². The second kappa shape index (κ2) is 30.0. The molecule has 0 spiro atoms. The van der Waals surface area contributed by atoms with Crippen LogP contribution in [0, 0.1) is 20.8 Å². The van der Waals surface area contributed by atoms with Crippen LogP contribution in [0.5, 0.6) is 11.5 Å². The summed E-state index contributed by atoms with van der Waals surface area (Å²) in [5.41, 5.74) is 6.66. The molecule has 4 aromatic carbocycles. The molecule has 14 nitrogen and oxygen atoms in total. The van der Waals surface area contributed by atoms with E-state index in [0.717, 1.165) is 56.0 Å². The molecule has 0 unspecified atom stereocenters. The molecule has 2 amide bonds. The van der Waals surface area contributed by atoms with Crippen LogP contribution < -0.4 is 20.1 Å². The van der Waals surface area contributed by atoms with E-state index >= 15 is 0 Å². The Morgan fingerprint density at radius 2 is 1.00 bits per heavy atom. The number of hydrogen-bond acceptors (Lipinski definition) is 8. The van der Waals surface area contributed by atoms with E-state index in [0.29, 0.717) is 11.5 Å². The molecular weight excluding hydrogens is 827 g/mol. The van der Waals surface area contributed by atoms with Gasteiger partial charge in [0.15, 0.2) is 0 Å². The van der Waals surface area contributed by atoms with Gasteiger partial charge < -0.3 is 39.7 Å². The Morgan fingerprint density at radius 3 is 1.42 bits per heavy atom. The maximum absolute atomic E-state index is 11.0. The summed E-state index contributed by atoms with van der Waals surface area (Å²) in [6.45, 7) is 9.17. The number of hydrogen-bond donors (Lipinski definition) is 2. The Kier molecular flexibility index (Phi) is 26.1. The second-order valence-electron chi connectivity index (χ2n) is 14.3. The van der Waals surface area contributed by atoms with Gasteiger partial charge in [0.25, 0.3) is 0 Å². The zero-order valence-electron chi connectivity index (χ0n) is 38.4. The number of rotatable bonds is 13. The summed E-state index contributed by atoms with van der Waals surface area (Å²) in [4.78, 5) is 46.9. The predicted molar refractivity (Wildman–Crippen MR) is 261 cm³/mol. The number of amides is 2. The lowest BCUT2D eigenvalue weighted by atomic mass is 10.2. The van der Waals surface area contributed by atoms with Gasteiger partial charge in [0.2, 0.25) is 0 Å². The second-order valence-corrected chi connectivity index (χ2v) is 15.2. The molecule has 0 aliphatic heterocycles. The molecule has 0 radical (unpaired) electrons. The van der Waals surface area contributed by atoms with Crippen LogP contribution >= 0.6 is 23.2 Å². The van der Waals surface area contributed by atoms with Gasteiger partial charge in [-0.1, -0.05) is 42.6 Å². The van der Waals surface area contributed by atoms with Gasteiger partial charge in [0.05, 0.1) is 48.1 Å². The molecule has 62 heavy (non-hydrogen) atoms. The lowest BCUT2D eigenvalue weighted by Gasteiger charge is -2.11. The van der Waals surface area contributed by atoms with E-state index in [-0.39, 0.29) is 0 Å². The number of carbonyl (C=O) groups is 2. The van der Waals surface area contributed by atoms with E-state index in [1.54, 1.807) is 49.3 Å². The molecule has 336 valence electrons. The summed E-state index contributed by atoms with van der Waals surface area (Å²) in [5, 5.41) is 6.28. The third-order valence-electron chi connectivity index (χ3n) is 7.68. The number of unbranched alkanes of at least 4 members (excludes halogenated alkanes) is 1. The highest BCUT2D eigenvalue weighted by molar-refractivity contribution is 6.31.